The predicted molar refractivity (Wildman–Crippen MR) is 93.7 cm³/mol. The maximum absolute atomic E-state index is 12.3. The zero-order valence-electron chi connectivity index (χ0n) is 14.6. The Labute approximate surface area is 150 Å². The highest BCUT2D eigenvalue weighted by atomic mass is 16.5. The zero-order chi connectivity index (χ0) is 17.9. The maximum Gasteiger partial charge on any atom is 0.273 e. The molecule has 136 valence electrons. The van der Waals surface area contributed by atoms with Crippen molar-refractivity contribution in [1.29, 1.82) is 0 Å². The van der Waals surface area contributed by atoms with Crippen LogP contribution in [0.2, 0.25) is 0 Å². The summed E-state index contributed by atoms with van der Waals surface area (Å²) in [7, 11) is 0. The summed E-state index contributed by atoms with van der Waals surface area (Å²) < 4.78 is 12.6. The summed E-state index contributed by atoms with van der Waals surface area (Å²) in [5, 5.41) is 6.72. The van der Waals surface area contributed by atoms with Gasteiger partial charge in [-0.1, -0.05) is 11.2 Å². The van der Waals surface area contributed by atoms with Crippen LogP contribution in [0.1, 0.15) is 27.5 Å². The molecule has 1 fully saturated rings. The molecule has 3 aromatic rings. The van der Waals surface area contributed by atoms with E-state index >= 15 is 0 Å². The largest absolute Gasteiger partial charge is 0.379 e. The van der Waals surface area contributed by atoms with Crippen molar-refractivity contribution in [2.75, 3.05) is 26.3 Å². The molecule has 0 spiro atoms. The van der Waals surface area contributed by atoms with Gasteiger partial charge in [-0.05, 0) is 18.6 Å². The van der Waals surface area contributed by atoms with E-state index < -0.39 is 0 Å². The van der Waals surface area contributed by atoms with Crippen molar-refractivity contribution in [1.82, 2.24) is 24.8 Å². The number of aryl methyl sites for hydroxylation is 1. The second kappa shape index (κ2) is 7.27. The number of morpholine rings is 1. The van der Waals surface area contributed by atoms with E-state index in [1.807, 2.05) is 35.9 Å². The van der Waals surface area contributed by atoms with E-state index in [0.717, 1.165) is 43.2 Å². The van der Waals surface area contributed by atoms with E-state index in [-0.39, 0.29) is 11.6 Å². The van der Waals surface area contributed by atoms with E-state index in [4.69, 9.17) is 9.26 Å². The number of amides is 1. The Morgan fingerprint density at radius 3 is 3.00 bits per heavy atom. The van der Waals surface area contributed by atoms with Crippen LogP contribution in [-0.2, 0) is 17.8 Å². The summed E-state index contributed by atoms with van der Waals surface area (Å²) >= 11 is 0. The van der Waals surface area contributed by atoms with E-state index in [1.165, 1.54) is 0 Å². The van der Waals surface area contributed by atoms with E-state index in [1.54, 1.807) is 6.07 Å². The zero-order valence-corrected chi connectivity index (χ0v) is 14.6. The van der Waals surface area contributed by atoms with Gasteiger partial charge in [0.15, 0.2) is 11.5 Å². The molecule has 1 amide bonds. The fourth-order valence-corrected chi connectivity index (χ4v) is 3.03. The lowest BCUT2D eigenvalue weighted by atomic mass is 10.3. The number of aromatic nitrogens is 3. The number of imidazole rings is 1. The van der Waals surface area contributed by atoms with Crippen molar-refractivity contribution in [2.45, 2.75) is 20.0 Å². The average Bonchev–Trinajstić information content (AvgIpc) is 3.28. The minimum Gasteiger partial charge on any atom is -0.379 e. The fraction of sp³-hybridized carbons (Fsp3) is 0.389. The van der Waals surface area contributed by atoms with E-state index in [0.29, 0.717) is 18.8 Å². The molecular weight excluding hydrogens is 334 g/mol. The van der Waals surface area contributed by atoms with Crippen LogP contribution in [0.25, 0.3) is 5.65 Å². The number of carbonyl (C=O) groups excluding carboxylic acids is 1. The lowest BCUT2D eigenvalue weighted by molar-refractivity contribution is 0.0305. The smallest absolute Gasteiger partial charge is 0.273 e. The Balaban J connectivity index is 1.36. The number of carbonyl (C=O) groups is 1. The maximum atomic E-state index is 12.3. The molecule has 1 aliphatic heterocycles. The van der Waals surface area contributed by atoms with Crippen LogP contribution in [-0.4, -0.2) is 51.7 Å². The second-order valence-electron chi connectivity index (χ2n) is 6.40. The number of hydrogen-bond donors (Lipinski definition) is 1. The molecule has 0 saturated carbocycles. The van der Waals surface area contributed by atoms with Gasteiger partial charge in [-0.3, -0.25) is 9.69 Å². The van der Waals surface area contributed by atoms with Gasteiger partial charge in [0.25, 0.3) is 5.91 Å². The molecule has 8 nitrogen and oxygen atoms in total. The Morgan fingerprint density at radius 2 is 2.19 bits per heavy atom. The molecule has 0 aromatic carbocycles. The Kier molecular flexibility index (Phi) is 4.68. The van der Waals surface area contributed by atoms with E-state index in [9.17, 15) is 4.79 Å². The molecule has 0 radical (unpaired) electrons. The third-order valence-corrected chi connectivity index (χ3v) is 4.43. The number of fused-ring (bicyclic) bond motifs is 1. The first-order valence-electron chi connectivity index (χ1n) is 8.66. The molecule has 1 aliphatic rings. The second-order valence-corrected chi connectivity index (χ2v) is 6.40. The molecule has 0 bridgehead atoms. The highest BCUT2D eigenvalue weighted by molar-refractivity contribution is 5.92. The fourth-order valence-electron chi connectivity index (χ4n) is 3.03. The van der Waals surface area contributed by atoms with Crippen molar-refractivity contribution >= 4 is 11.6 Å². The van der Waals surface area contributed by atoms with Crippen LogP contribution in [0, 0.1) is 6.92 Å². The highest BCUT2D eigenvalue weighted by Crippen LogP contribution is 2.11. The van der Waals surface area contributed by atoms with Gasteiger partial charge < -0.3 is 19.0 Å². The van der Waals surface area contributed by atoms with Crippen LogP contribution in [0.15, 0.2) is 35.1 Å². The molecule has 0 aliphatic carbocycles. The number of hydrogen-bond acceptors (Lipinski definition) is 6. The lowest BCUT2D eigenvalue weighted by Gasteiger charge is -2.25. The Morgan fingerprint density at radius 1 is 1.35 bits per heavy atom. The summed E-state index contributed by atoms with van der Waals surface area (Å²) in [6, 6.07) is 5.67. The monoisotopic (exact) mass is 355 g/mol. The lowest BCUT2D eigenvalue weighted by Crippen LogP contribution is -2.35. The topological polar surface area (TPSA) is 84.9 Å². The first-order chi connectivity index (χ1) is 12.7. The van der Waals surface area contributed by atoms with Crippen molar-refractivity contribution in [2.24, 2.45) is 0 Å². The molecule has 4 rings (SSSR count). The first kappa shape index (κ1) is 16.7. The van der Waals surface area contributed by atoms with Crippen molar-refractivity contribution in [3.8, 4) is 0 Å². The first-order valence-corrected chi connectivity index (χ1v) is 8.66. The summed E-state index contributed by atoms with van der Waals surface area (Å²) in [6.45, 7) is 6.14. The van der Waals surface area contributed by atoms with Crippen molar-refractivity contribution in [3.05, 3.63) is 53.3 Å². The molecule has 1 N–H and O–H groups in total. The number of nitrogens with zero attached hydrogens (tertiary/aromatic N) is 4. The molecule has 1 saturated heterocycles. The summed E-state index contributed by atoms with van der Waals surface area (Å²) in [6.07, 6.45) is 3.85. The normalized spacial score (nSPS) is 15.4. The third-order valence-electron chi connectivity index (χ3n) is 4.43. The van der Waals surface area contributed by atoms with Crippen LogP contribution in [0.3, 0.4) is 0 Å². The van der Waals surface area contributed by atoms with Crippen LogP contribution in [0.5, 0.6) is 0 Å². The average molecular weight is 355 g/mol. The minimum atomic E-state index is -0.268. The molecular formula is C18H21N5O3. The highest BCUT2D eigenvalue weighted by Gasteiger charge is 2.17. The van der Waals surface area contributed by atoms with Crippen LogP contribution in [0.4, 0.5) is 0 Å². The molecule has 0 unspecified atom stereocenters. The quantitative estimate of drug-likeness (QED) is 0.745. The van der Waals surface area contributed by atoms with Gasteiger partial charge in [0.2, 0.25) is 0 Å². The van der Waals surface area contributed by atoms with Crippen molar-refractivity contribution < 1.29 is 14.1 Å². The van der Waals surface area contributed by atoms with Crippen LogP contribution < -0.4 is 5.32 Å². The summed E-state index contributed by atoms with van der Waals surface area (Å²) in [5.41, 5.74) is 3.07. The summed E-state index contributed by atoms with van der Waals surface area (Å²) in [4.78, 5) is 19.1. The van der Waals surface area contributed by atoms with Gasteiger partial charge in [-0.2, -0.15) is 0 Å². The molecule has 26 heavy (non-hydrogen) atoms. The van der Waals surface area contributed by atoms with Crippen molar-refractivity contribution in [3.63, 3.8) is 0 Å². The molecule has 3 aromatic heterocycles. The molecule has 4 heterocycles. The van der Waals surface area contributed by atoms with Gasteiger partial charge in [0.05, 0.1) is 32.0 Å². The number of nitrogens with one attached hydrogen (secondary N) is 1. The van der Waals surface area contributed by atoms with Gasteiger partial charge in [0, 0.05) is 31.5 Å². The van der Waals surface area contributed by atoms with Crippen LogP contribution >= 0.6 is 0 Å². The van der Waals surface area contributed by atoms with Gasteiger partial charge >= 0.3 is 0 Å². The number of pyridine rings is 1. The third kappa shape index (κ3) is 3.61. The molecule has 0 atom stereocenters. The molecule has 8 heteroatoms. The standard InChI is InChI=1S/C18H21N5O3/c1-13-3-2-4-23-11-14(20-17(13)23)10-19-18(24)16-9-15(26-21-16)12-22-5-7-25-8-6-22/h2-4,9,11H,5-8,10,12H2,1H3,(H,19,24). The van der Waals surface area contributed by atoms with Gasteiger partial charge in [-0.15, -0.1) is 0 Å². The Bertz CT molecular complexity index is 911. The SMILES string of the molecule is Cc1cccn2cc(CNC(=O)c3cc(CN4CCOCC4)on3)nc12. The summed E-state index contributed by atoms with van der Waals surface area (Å²) in [5.74, 6) is 0.413. The van der Waals surface area contributed by atoms with Gasteiger partial charge in [-0.25, -0.2) is 4.98 Å². The number of ether oxygens (including phenoxy) is 1. The Hall–Kier alpha value is -2.71. The predicted octanol–water partition coefficient (Wildman–Crippen LogP) is 1.39. The van der Waals surface area contributed by atoms with E-state index in [2.05, 4.69) is 20.4 Å². The number of rotatable bonds is 5. The minimum absolute atomic E-state index is 0.268. The van der Waals surface area contributed by atoms with Gasteiger partial charge in [0.1, 0.15) is 5.65 Å².